The van der Waals surface area contributed by atoms with Crippen molar-refractivity contribution in [3.8, 4) is 0 Å². The summed E-state index contributed by atoms with van der Waals surface area (Å²) in [5.74, 6) is 3.40. The van der Waals surface area contributed by atoms with Crippen LogP contribution in [-0.4, -0.2) is 66.5 Å². The van der Waals surface area contributed by atoms with Crippen LogP contribution in [0, 0.1) is 23.7 Å². The zero-order valence-electron chi connectivity index (χ0n) is 34.6. The van der Waals surface area contributed by atoms with Crippen molar-refractivity contribution in [3.63, 3.8) is 0 Å². The summed E-state index contributed by atoms with van der Waals surface area (Å²) in [6.07, 6.45) is 12.1. The van der Waals surface area contributed by atoms with E-state index in [-0.39, 0.29) is 0 Å². The van der Waals surface area contributed by atoms with Crippen LogP contribution in [0.25, 0.3) is 0 Å². The molecule has 3 fully saturated rings. The molecule has 5 rings (SSSR count). The van der Waals surface area contributed by atoms with E-state index >= 15 is 0 Å². The van der Waals surface area contributed by atoms with Gasteiger partial charge in [-0.25, -0.2) is 4.31 Å². The number of hydrogen-bond donors (Lipinski definition) is 0. The summed E-state index contributed by atoms with van der Waals surface area (Å²) in [5, 5.41) is 0. The quantitative estimate of drug-likeness (QED) is 0.192. The van der Waals surface area contributed by atoms with Crippen LogP contribution >= 0.6 is 11.9 Å². The lowest BCUT2D eigenvalue weighted by Crippen LogP contribution is -2.37. The van der Waals surface area contributed by atoms with Gasteiger partial charge in [0.05, 0.1) is 0 Å². The predicted molar refractivity (Wildman–Crippen MR) is 225 cm³/mol. The molecule has 3 aliphatic heterocycles. The Morgan fingerprint density at radius 2 is 1.16 bits per heavy atom. The lowest BCUT2D eigenvalue weighted by Gasteiger charge is -2.35. The first-order valence-electron chi connectivity index (χ1n) is 21.1. The third-order valence-electron chi connectivity index (χ3n) is 10.5. The topological polar surface area (TPSA) is 13.0 Å². The number of nitrogens with zero attached hydrogens (tertiary/aromatic N) is 4. The molecule has 2 aromatic rings. The monoisotopic (exact) mass is 709 g/mol. The smallest absolute Gasteiger partial charge is 0.0369 e. The highest BCUT2D eigenvalue weighted by molar-refractivity contribution is 7.97. The molecule has 0 N–H and O–H groups in total. The van der Waals surface area contributed by atoms with Gasteiger partial charge < -0.3 is 4.90 Å². The number of rotatable bonds is 13. The molecule has 0 spiro atoms. The summed E-state index contributed by atoms with van der Waals surface area (Å²) in [7, 11) is 0. The van der Waals surface area contributed by atoms with Crippen LogP contribution in [0.3, 0.4) is 0 Å². The average molecular weight is 709 g/mol. The Hall–Kier alpha value is -1.53. The van der Waals surface area contributed by atoms with Crippen molar-refractivity contribution in [1.82, 2.24) is 14.1 Å². The molecule has 2 unspecified atom stereocenters. The minimum absolute atomic E-state index is 0.815. The molecular weight excluding hydrogens is 629 g/mol. The summed E-state index contributed by atoms with van der Waals surface area (Å²) >= 11 is 1.92. The first kappa shape index (κ1) is 44.6. The van der Waals surface area contributed by atoms with Gasteiger partial charge in [0.25, 0.3) is 0 Å². The van der Waals surface area contributed by atoms with Crippen LogP contribution in [0.15, 0.2) is 53.4 Å². The van der Waals surface area contributed by atoms with Crippen LogP contribution in [0.1, 0.15) is 138 Å². The maximum absolute atomic E-state index is 2.67. The number of anilines is 1. The number of benzene rings is 2. The van der Waals surface area contributed by atoms with E-state index in [9.17, 15) is 0 Å². The van der Waals surface area contributed by atoms with Crippen LogP contribution in [0.4, 0.5) is 5.69 Å². The Morgan fingerprint density at radius 1 is 0.640 bits per heavy atom. The van der Waals surface area contributed by atoms with Crippen molar-refractivity contribution in [3.05, 3.63) is 59.7 Å². The van der Waals surface area contributed by atoms with Crippen LogP contribution < -0.4 is 4.90 Å². The molecule has 0 bridgehead atoms. The van der Waals surface area contributed by atoms with E-state index in [1.54, 1.807) is 0 Å². The molecule has 0 amide bonds. The number of hydrogen-bond acceptors (Lipinski definition) is 5. The lowest BCUT2D eigenvalue weighted by atomic mass is 9.88. The van der Waals surface area contributed by atoms with Gasteiger partial charge in [0.1, 0.15) is 0 Å². The fourth-order valence-electron chi connectivity index (χ4n) is 7.58. The van der Waals surface area contributed by atoms with Crippen molar-refractivity contribution in [2.75, 3.05) is 57.3 Å². The first-order valence-corrected chi connectivity index (χ1v) is 21.9. The molecule has 286 valence electrons. The van der Waals surface area contributed by atoms with Gasteiger partial charge in [-0.3, -0.25) is 9.80 Å². The summed E-state index contributed by atoms with van der Waals surface area (Å²) in [6, 6.07) is 18.6. The first-order chi connectivity index (χ1) is 24.3. The van der Waals surface area contributed by atoms with Crippen molar-refractivity contribution in [2.24, 2.45) is 23.7 Å². The van der Waals surface area contributed by atoms with Gasteiger partial charge in [-0.2, -0.15) is 0 Å². The van der Waals surface area contributed by atoms with Gasteiger partial charge >= 0.3 is 0 Å². The van der Waals surface area contributed by atoms with Gasteiger partial charge in [-0.15, -0.1) is 0 Å². The minimum atomic E-state index is 0.815. The lowest BCUT2D eigenvalue weighted by molar-refractivity contribution is 0.139. The minimum Gasteiger partial charge on any atom is -0.372 e. The Kier molecular flexibility index (Phi) is 23.4. The molecule has 0 radical (unpaired) electrons. The molecule has 2 aromatic carbocycles. The van der Waals surface area contributed by atoms with Crippen LogP contribution in [-0.2, 0) is 13.1 Å². The molecule has 4 nitrogen and oxygen atoms in total. The third-order valence-corrected chi connectivity index (χ3v) is 11.6. The van der Waals surface area contributed by atoms with Crippen molar-refractivity contribution < 1.29 is 0 Å². The number of likely N-dealkylation sites (tertiary alicyclic amines) is 2. The molecule has 3 aliphatic rings. The van der Waals surface area contributed by atoms with E-state index in [0.29, 0.717) is 0 Å². The van der Waals surface area contributed by atoms with Crippen molar-refractivity contribution >= 4 is 17.6 Å². The number of piperidine rings is 3. The zero-order valence-corrected chi connectivity index (χ0v) is 35.4. The molecule has 5 heteroatoms. The summed E-state index contributed by atoms with van der Waals surface area (Å²) in [6.45, 7) is 34.2. The SMILES string of the molecule is CC.CC.CC(C)C1CCCN(Cc2cccc(N3CCCCC3)c2)C1.CCCN(CCC)Sc1ccc(CN2CCCC(C(C)C)C2)cc1. The van der Waals surface area contributed by atoms with Gasteiger partial charge in [0, 0.05) is 62.9 Å². The summed E-state index contributed by atoms with van der Waals surface area (Å²) in [4.78, 5) is 9.26. The standard InChI is InChI=1S/C21H36N2S.C20H32N2.2C2H6/c1-5-13-23(14-6-2)24-21-11-9-19(10-12-21)16-22-15-7-8-20(17-22)18(3)4;1-17(2)19-9-7-11-21(16-19)15-18-8-6-10-20(14-18)22-12-4-3-5-13-22;2*1-2/h9-12,18,20H,5-8,13-17H2,1-4H3;6,8,10,14,17,19H,3-5,7,9,11-13,15-16H2,1-2H3;2*1-2H3. The van der Waals surface area contributed by atoms with E-state index in [1.165, 1.54) is 132 Å². The molecule has 0 aromatic heterocycles. The molecular formula is C45H80N4S. The highest BCUT2D eigenvalue weighted by atomic mass is 32.2. The Balaban J connectivity index is 0.000000316. The normalized spacial score (nSPS) is 20.1. The zero-order chi connectivity index (χ0) is 36.7. The van der Waals surface area contributed by atoms with Gasteiger partial charge in [0.2, 0.25) is 0 Å². The molecule has 0 aliphatic carbocycles. The van der Waals surface area contributed by atoms with E-state index in [0.717, 1.165) is 36.8 Å². The average Bonchev–Trinajstić information content (AvgIpc) is 3.15. The molecule has 3 saturated heterocycles. The van der Waals surface area contributed by atoms with Gasteiger partial charge in [0.15, 0.2) is 0 Å². The van der Waals surface area contributed by atoms with E-state index in [4.69, 9.17) is 0 Å². The van der Waals surface area contributed by atoms with Crippen LogP contribution in [0.5, 0.6) is 0 Å². The summed E-state index contributed by atoms with van der Waals surface area (Å²) < 4.78 is 2.49. The van der Waals surface area contributed by atoms with Gasteiger partial charge in [-0.05, 0) is 142 Å². The second-order valence-corrected chi connectivity index (χ2v) is 16.3. The molecule has 2 atom stereocenters. The van der Waals surface area contributed by atoms with E-state index in [2.05, 4.69) is 109 Å². The molecule has 50 heavy (non-hydrogen) atoms. The van der Waals surface area contributed by atoms with E-state index in [1.807, 2.05) is 39.6 Å². The Morgan fingerprint density at radius 3 is 1.66 bits per heavy atom. The predicted octanol–water partition coefficient (Wildman–Crippen LogP) is 12.3. The molecule has 0 saturated carbocycles. The van der Waals surface area contributed by atoms with E-state index < -0.39 is 0 Å². The van der Waals surface area contributed by atoms with Crippen molar-refractivity contribution in [1.29, 1.82) is 0 Å². The second kappa shape index (κ2) is 26.3. The fraction of sp³-hybridized carbons (Fsp3) is 0.733. The Bertz CT molecular complexity index is 1090. The maximum Gasteiger partial charge on any atom is 0.0369 e. The highest BCUT2D eigenvalue weighted by Gasteiger charge is 2.23. The van der Waals surface area contributed by atoms with Crippen molar-refractivity contribution in [2.45, 2.75) is 145 Å². The highest BCUT2D eigenvalue weighted by Crippen LogP contribution is 2.28. The molecule has 3 heterocycles. The third kappa shape index (κ3) is 16.4. The van der Waals surface area contributed by atoms with Gasteiger partial charge in [-0.1, -0.05) is 93.5 Å². The van der Waals surface area contributed by atoms with Crippen LogP contribution in [0.2, 0.25) is 0 Å². The maximum atomic E-state index is 2.67. The fourth-order valence-corrected chi connectivity index (χ4v) is 8.69. The summed E-state index contributed by atoms with van der Waals surface area (Å²) in [5.41, 5.74) is 4.39. The largest absolute Gasteiger partial charge is 0.372 e. The Labute approximate surface area is 316 Å². The second-order valence-electron chi connectivity index (χ2n) is 15.1.